The molecule has 1 aromatic carbocycles. The molecule has 1 atom stereocenters. The molecule has 24 heavy (non-hydrogen) atoms. The van der Waals surface area contributed by atoms with Gasteiger partial charge in [-0.05, 0) is 55.1 Å². The van der Waals surface area contributed by atoms with Crippen LogP contribution in [0.4, 0.5) is 4.39 Å². The predicted octanol–water partition coefficient (Wildman–Crippen LogP) is 5.78. The van der Waals surface area contributed by atoms with Crippen molar-refractivity contribution in [2.45, 2.75) is 77.6 Å². The van der Waals surface area contributed by atoms with Gasteiger partial charge in [0.05, 0.1) is 5.92 Å². The smallest absolute Gasteiger partial charge is 0.314 e. The molecule has 1 aromatic rings. The quantitative estimate of drug-likeness (QED) is 0.388. The minimum atomic E-state index is -0.307. The molecule has 0 saturated heterocycles. The van der Waals surface area contributed by atoms with Crippen molar-refractivity contribution in [2.75, 3.05) is 0 Å². The van der Waals surface area contributed by atoms with Gasteiger partial charge >= 0.3 is 5.97 Å². The minimum Gasteiger partial charge on any atom is -0.423 e. The number of hydrogen-bond acceptors (Lipinski definition) is 2. The molecular weight excluding hydrogens is 303 g/mol. The fraction of sp³-hybridized carbons (Fsp3) is 0.667. The Kier molecular flexibility index (Phi) is 5.57. The van der Waals surface area contributed by atoms with Crippen LogP contribution in [0.1, 0.15) is 82.3 Å². The summed E-state index contributed by atoms with van der Waals surface area (Å²) in [5.41, 5.74) is 1.58. The lowest BCUT2D eigenvalue weighted by Gasteiger charge is -2.30. The first-order valence-corrected chi connectivity index (χ1v) is 9.63. The van der Waals surface area contributed by atoms with E-state index in [0.29, 0.717) is 6.42 Å². The number of unbranched alkanes of at least 4 members (excludes halogenated alkanes) is 2. The molecule has 3 heteroatoms. The molecule has 0 bridgehead atoms. The third-order valence-electron chi connectivity index (χ3n) is 5.84. The van der Waals surface area contributed by atoms with Crippen LogP contribution < -0.4 is 4.74 Å². The summed E-state index contributed by atoms with van der Waals surface area (Å²) in [7, 11) is 0. The number of fused-ring (bicyclic) bond motifs is 1. The molecule has 3 rings (SSSR count). The van der Waals surface area contributed by atoms with E-state index in [1.54, 1.807) is 0 Å². The molecule has 0 aromatic heterocycles. The summed E-state index contributed by atoms with van der Waals surface area (Å²) in [6.45, 7) is 4.07. The second-order valence-electron chi connectivity index (χ2n) is 7.70. The Hall–Kier alpha value is -1.38. The zero-order valence-electron chi connectivity index (χ0n) is 14.9. The van der Waals surface area contributed by atoms with Crippen molar-refractivity contribution in [3.63, 3.8) is 0 Å². The van der Waals surface area contributed by atoms with E-state index in [1.807, 2.05) is 19.1 Å². The van der Waals surface area contributed by atoms with E-state index in [-0.39, 0.29) is 29.4 Å². The van der Waals surface area contributed by atoms with Gasteiger partial charge in [0, 0.05) is 0 Å². The summed E-state index contributed by atoms with van der Waals surface area (Å²) in [5, 5.41) is 0. The molecule has 1 aliphatic carbocycles. The van der Waals surface area contributed by atoms with Crippen LogP contribution in [-0.4, -0.2) is 5.97 Å². The van der Waals surface area contributed by atoms with Crippen molar-refractivity contribution < 1.29 is 13.9 Å². The molecule has 1 fully saturated rings. The van der Waals surface area contributed by atoms with E-state index in [4.69, 9.17) is 4.74 Å². The van der Waals surface area contributed by atoms with Crippen LogP contribution in [-0.2, 0) is 11.2 Å². The molecule has 0 amide bonds. The Morgan fingerprint density at radius 2 is 1.92 bits per heavy atom. The normalized spacial score (nSPS) is 26.8. The monoisotopic (exact) mass is 332 g/mol. The molecule has 0 N–H and O–H groups in total. The number of carbonyl (C=O) groups is 1. The number of benzene rings is 1. The highest BCUT2D eigenvalue weighted by atomic mass is 19.1. The van der Waals surface area contributed by atoms with E-state index in [9.17, 15) is 9.18 Å². The SMILES string of the molecule is CCCCCC1CCC(c2ccc3c(c2F)OC(=O)C(C)C3)CC1. The van der Waals surface area contributed by atoms with E-state index >= 15 is 0 Å². The zero-order chi connectivity index (χ0) is 17.1. The lowest BCUT2D eigenvalue weighted by Crippen LogP contribution is -2.26. The van der Waals surface area contributed by atoms with Crippen LogP contribution >= 0.6 is 0 Å². The van der Waals surface area contributed by atoms with Gasteiger partial charge in [-0.1, -0.05) is 51.7 Å². The number of halogens is 1. The van der Waals surface area contributed by atoms with Crippen LogP contribution in [0.2, 0.25) is 0 Å². The molecule has 132 valence electrons. The highest BCUT2D eigenvalue weighted by Crippen LogP contribution is 2.42. The van der Waals surface area contributed by atoms with Gasteiger partial charge in [0.15, 0.2) is 11.6 Å². The van der Waals surface area contributed by atoms with Crippen LogP contribution in [0, 0.1) is 17.7 Å². The van der Waals surface area contributed by atoms with Crippen molar-refractivity contribution in [3.05, 3.63) is 29.1 Å². The van der Waals surface area contributed by atoms with Crippen molar-refractivity contribution in [2.24, 2.45) is 11.8 Å². The number of ether oxygens (including phenoxy) is 1. The van der Waals surface area contributed by atoms with E-state index in [2.05, 4.69) is 6.92 Å². The van der Waals surface area contributed by atoms with E-state index in [1.165, 1.54) is 38.5 Å². The first-order chi connectivity index (χ1) is 11.6. The first-order valence-electron chi connectivity index (χ1n) is 9.63. The number of esters is 1. The third kappa shape index (κ3) is 3.65. The zero-order valence-corrected chi connectivity index (χ0v) is 14.9. The average molecular weight is 332 g/mol. The maximum atomic E-state index is 14.9. The van der Waals surface area contributed by atoms with Gasteiger partial charge in [0.1, 0.15) is 0 Å². The number of carbonyl (C=O) groups excluding carboxylic acids is 1. The molecule has 1 unspecified atom stereocenters. The predicted molar refractivity (Wildman–Crippen MR) is 93.7 cm³/mol. The molecule has 2 aliphatic rings. The van der Waals surface area contributed by atoms with Crippen LogP contribution in [0.25, 0.3) is 0 Å². The Morgan fingerprint density at radius 1 is 1.17 bits per heavy atom. The lowest BCUT2D eigenvalue weighted by molar-refractivity contribution is -0.139. The Labute approximate surface area is 144 Å². The van der Waals surface area contributed by atoms with Crippen molar-refractivity contribution in [1.82, 2.24) is 0 Å². The maximum absolute atomic E-state index is 14.9. The maximum Gasteiger partial charge on any atom is 0.314 e. The molecule has 0 spiro atoms. The van der Waals surface area contributed by atoms with E-state index in [0.717, 1.165) is 29.9 Å². The van der Waals surface area contributed by atoms with Gasteiger partial charge in [-0.15, -0.1) is 0 Å². The molecule has 1 aliphatic heterocycles. The summed E-state index contributed by atoms with van der Waals surface area (Å²) in [6.07, 6.45) is 10.3. The van der Waals surface area contributed by atoms with Crippen LogP contribution in [0.15, 0.2) is 12.1 Å². The van der Waals surface area contributed by atoms with Crippen molar-refractivity contribution in [1.29, 1.82) is 0 Å². The Morgan fingerprint density at radius 3 is 2.62 bits per heavy atom. The molecule has 0 radical (unpaired) electrons. The fourth-order valence-electron chi connectivity index (χ4n) is 4.26. The molecule has 1 heterocycles. The first kappa shape index (κ1) is 17.4. The largest absolute Gasteiger partial charge is 0.423 e. The highest BCUT2D eigenvalue weighted by molar-refractivity contribution is 5.77. The van der Waals surface area contributed by atoms with Gasteiger partial charge < -0.3 is 4.74 Å². The third-order valence-corrected chi connectivity index (χ3v) is 5.84. The van der Waals surface area contributed by atoms with Crippen LogP contribution in [0.5, 0.6) is 5.75 Å². The summed E-state index contributed by atoms with van der Waals surface area (Å²) in [6, 6.07) is 3.89. The van der Waals surface area contributed by atoms with Gasteiger partial charge in [-0.2, -0.15) is 0 Å². The number of hydrogen-bond donors (Lipinski definition) is 0. The Bertz CT molecular complexity index is 588. The Balaban J connectivity index is 1.66. The minimum absolute atomic E-state index is 0.179. The van der Waals surface area contributed by atoms with Gasteiger partial charge in [-0.25, -0.2) is 4.39 Å². The summed E-state index contributed by atoms with van der Waals surface area (Å²) < 4.78 is 20.2. The standard InChI is InChI=1S/C21H29FO2/c1-3-4-5-6-15-7-9-16(10-8-15)18-12-11-17-13-14(2)21(23)24-20(17)19(18)22/h11-12,14-16H,3-10,13H2,1-2H3. The van der Waals surface area contributed by atoms with Gasteiger partial charge in [-0.3, -0.25) is 4.79 Å². The highest BCUT2D eigenvalue weighted by Gasteiger charge is 2.31. The second kappa shape index (κ2) is 7.67. The number of rotatable bonds is 5. The second-order valence-corrected chi connectivity index (χ2v) is 7.70. The summed E-state index contributed by atoms with van der Waals surface area (Å²) in [4.78, 5) is 11.8. The lowest BCUT2D eigenvalue weighted by atomic mass is 9.76. The average Bonchev–Trinajstić information content (AvgIpc) is 2.58. The summed E-state index contributed by atoms with van der Waals surface area (Å²) in [5.74, 6) is 0.505. The van der Waals surface area contributed by atoms with Crippen molar-refractivity contribution in [3.8, 4) is 5.75 Å². The van der Waals surface area contributed by atoms with Gasteiger partial charge in [0.2, 0.25) is 0 Å². The molecular formula is C21H29FO2. The fourth-order valence-corrected chi connectivity index (χ4v) is 4.26. The van der Waals surface area contributed by atoms with E-state index < -0.39 is 0 Å². The molecule has 2 nitrogen and oxygen atoms in total. The molecule has 1 saturated carbocycles. The van der Waals surface area contributed by atoms with Crippen LogP contribution in [0.3, 0.4) is 0 Å². The topological polar surface area (TPSA) is 26.3 Å². The summed E-state index contributed by atoms with van der Waals surface area (Å²) >= 11 is 0. The van der Waals surface area contributed by atoms with Gasteiger partial charge in [0.25, 0.3) is 0 Å². The van der Waals surface area contributed by atoms with Crippen molar-refractivity contribution >= 4 is 5.97 Å².